The van der Waals surface area contributed by atoms with Crippen molar-refractivity contribution in [1.29, 1.82) is 0 Å². The van der Waals surface area contributed by atoms with Gasteiger partial charge < -0.3 is 14.4 Å². The summed E-state index contributed by atoms with van der Waals surface area (Å²) in [7, 11) is 0. The molecule has 0 atom stereocenters. The zero-order valence-electron chi connectivity index (χ0n) is 16.3. The van der Waals surface area contributed by atoms with Crippen LogP contribution in [-0.2, 0) is 4.79 Å². The third-order valence-electron chi connectivity index (χ3n) is 4.93. The molecule has 1 saturated heterocycles. The molecule has 0 amide bonds. The van der Waals surface area contributed by atoms with Crippen LogP contribution in [0, 0.1) is 0 Å². The number of benzene rings is 1. The maximum absolute atomic E-state index is 13.0. The summed E-state index contributed by atoms with van der Waals surface area (Å²) < 4.78 is 6.09. The van der Waals surface area contributed by atoms with Crippen LogP contribution in [0.3, 0.4) is 0 Å². The van der Waals surface area contributed by atoms with Crippen LogP contribution in [0.25, 0.3) is 0 Å². The molecule has 0 spiro atoms. The van der Waals surface area contributed by atoms with E-state index in [0.29, 0.717) is 48.2 Å². The van der Waals surface area contributed by atoms with Crippen LogP contribution in [0.5, 0.6) is 11.6 Å². The number of hydrogen-bond donors (Lipinski definition) is 0. The van der Waals surface area contributed by atoms with E-state index in [4.69, 9.17) is 4.74 Å². The molecule has 2 aromatic heterocycles. The molecular weight excluding hydrogens is 382 g/mol. The lowest BCUT2D eigenvalue weighted by Crippen LogP contribution is -2.47. The number of ketones is 1. The molecule has 0 bridgehead atoms. The van der Waals surface area contributed by atoms with E-state index in [2.05, 4.69) is 24.8 Å². The van der Waals surface area contributed by atoms with Crippen LogP contribution in [-0.4, -0.2) is 64.6 Å². The fourth-order valence-corrected chi connectivity index (χ4v) is 3.36. The number of aromatic nitrogens is 3. The second-order valence-electron chi connectivity index (χ2n) is 6.80. The van der Waals surface area contributed by atoms with Crippen molar-refractivity contribution >= 4 is 17.9 Å². The number of anilines is 1. The van der Waals surface area contributed by atoms with E-state index in [1.54, 1.807) is 55.1 Å². The molecule has 3 aromatic rings. The van der Waals surface area contributed by atoms with Gasteiger partial charge in [0.1, 0.15) is 12.0 Å². The Morgan fingerprint density at radius 1 is 0.967 bits per heavy atom. The predicted molar refractivity (Wildman–Crippen MR) is 111 cm³/mol. The normalized spacial score (nSPS) is 14.3. The highest BCUT2D eigenvalue weighted by atomic mass is 16.5. The molecule has 0 N–H and O–H groups in total. The van der Waals surface area contributed by atoms with E-state index in [1.165, 1.54) is 0 Å². The summed E-state index contributed by atoms with van der Waals surface area (Å²) in [5.41, 5.74) is 0.975. The van der Waals surface area contributed by atoms with E-state index in [-0.39, 0.29) is 5.78 Å². The molecule has 1 aromatic carbocycles. The number of carbonyl (C=O) groups excluding carboxylic acids is 2. The van der Waals surface area contributed by atoms with Crippen LogP contribution in [0.15, 0.2) is 61.2 Å². The second-order valence-corrected chi connectivity index (χ2v) is 6.80. The van der Waals surface area contributed by atoms with Crippen molar-refractivity contribution in [3.63, 3.8) is 0 Å². The number of para-hydroxylation sites is 1. The Kier molecular flexibility index (Phi) is 6.05. The second kappa shape index (κ2) is 9.23. The molecule has 4 rings (SSSR count). The first-order chi connectivity index (χ1) is 14.8. The van der Waals surface area contributed by atoms with Crippen LogP contribution in [0.1, 0.15) is 15.9 Å². The third-order valence-corrected chi connectivity index (χ3v) is 4.93. The van der Waals surface area contributed by atoms with Gasteiger partial charge in [0.2, 0.25) is 0 Å². The number of aldehydes is 1. The molecule has 30 heavy (non-hydrogen) atoms. The van der Waals surface area contributed by atoms with Crippen molar-refractivity contribution in [3.8, 4) is 11.6 Å². The zero-order chi connectivity index (χ0) is 20.8. The van der Waals surface area contributed by atoms with Gasteiger partial charge in [0.25, 0.3) is 5.88 Å². The number of carbonyl (C=O) groups is 2. The van der Waals surface area contributed by atoms with E-state index in [1.807, 2.05) is 6.07 Å². The number of ether oxygens (including phenoxy) is 1. The highest BCUT2D eigenvalue weighted by Crippen LogP contribution is 2.31. The molecule has 8 heteroatoms. The summed E-state index contributed by atoms with van der Waals surface area (Å²) in [4.78, 5) is 40.6. The highest BCUT2D eigenvalue weighted by molar-refractivity contribution is 6.10. The van der Waals surface area contributed by atoms with Crippen LogP contribution >= 0.6 is 0 Å². The summed E-state index contributed by atoms with van der Waals surface area (Å²) in [5.74, 6) is 1.23. The zero-order valence-corrected chi connectivity index (χ0v) is 16.3. The van der Waals surface area contributed by atoms with Crippen molar-refractivity contribution in [3.05, 3.63) is 72.3 Å². The molecule has 8 nitrogen and oxygen atoms in total. The van der Waals surface area contributed by atoms with Gasteiger partial charge in [-0.25, -0.2) is 9.97 Å². The van der Waals surface area contributed by atoms with Crippen molar-refractivity contribution < 1.29 is 14.3 Å². The first kappa shape index (κ1) is 19.7. The average molecular weight is 403 g/mol. The fraction of sp³-hybridized carbons (Fsp3) is 0.227. The van der Waals surface area contributed by atoms with Crippen molar-refractivity contribution in [2.24, 2.45) is 0 Å². The maximum Gasteiger partial charge on any atom is 0.263 e. The SMILES string of the molecule is O=CCN1CCN(c2nccnc2Oc2ccccc2C(=O)c2ccncc2)CC1. The smallest absolute Gasteiger partial charge is 0.263 e. The summed E-state index contributed by atoms with van der Waals surface area (Å²) in [6.07, 6.45) is 7.27. The lowest BCUT2D eigenvalue weighted by Gasteiger charge is -2.34. The topological polar surface area (TPSA) is 88.5 Å². The quantitative estimate of drug-likeness (QED) is 0.438. The lowest BCUT2D eigenvalue weighted by molar-refractivity contribution is -0.108. The summed E-state index contributed by atoms with van der Waals surface area (Å²) in [5, 5.41) is 0. The molecule has 0 radical (unpaired) electrons. The standard InChI is InChI=1S/C22H21N5O3/c28-16-15-26-11-13-27(14-12-26)21-22(25-10-9-24-21)30-19-4-2-1-3-18(19)20(29)17-5-7-23-8-6-17/h1-10,16H,11-15H2. The molecule has 3 heterocycles. The number of pyridine rings is 1. The van der Waals surface area contributed by atoms with Crippen LogP contribution < -0.4 is 9.64 Å². The Morgan fingerprint density at radius 2 is 1.70 bits per heavy atom. The van der Waals surface area contributed by atoms with Crippen molar-refractivity contribution in [1.82, 2.24) is 19.9 Å². The van der Waals surface area contributed by atoms with Gasteiger partial charge in [-0.15, -0.1) is 0 Å². The van der Waals surface area contributed by atoms with E-state index in [0.717, 1.165) is 19.4 Å². The molecular formula is C22H21N5O3. The van der Waals surface area contributed by atoms with Gasteiger partial charge in [0.15, 0.2) is 11.6 Å². The molecule has 0 aliphatic carbocycles. The number of rotatable bonds is 7. The van der Waals surface area contributed by atoms with Gasteiger partial charge in [0, 0.05) is 56.5 Å². The first-order valence-corrected chi connectivity index (χ1v) is 9.70. The monoisotopic (exact) mass is 403 g/mol. The molecule has 1 aliphatic heterocycles. The average Bonchev–Trinajstić information content (AvgIpc) is 2.81. The van der Waals surface area contributed by atoms with Crippen molar-refractivity contribution in [2.75, 3.05) is 37.6 Å². The maximum atomic E-state index is 13.0. The predicted octanol–water partition coefficient (Wildman–Crippen LogP) is 2.22. The molecule has 0 saturated carbocycles. The third kappa shape index (κ3) is 4.33. The molecule has 1 fully saturated rings. The largest absolute Gasteiger partial charge is 0.435 e. The molecule has 0 unspecified atom stereocenters. The molecule has 152 valence electrons. The Morgan fingerprint density at radius 3 is 2.47 bits per heavy atom. The number of nitrogens with zero attached hydrogens (tertiary/aromatic N) is 5. The van der Waals surface area contributed by atoms with Gasteiger partial charge in [-0.2, -0.15) is 0 Å². The Balaban J connectivity index is 1.58. The van der Waals surface area contributed by atoms with Gasteiger partial charge in [0.05, 0.1) is 12.1 Å². The van der Waals surface area contributed by atoms with E-state index < -0.39 is 0 Å². The van der Waals surface area contributed by atoms with Gasteiger partial charge >= 0.3 is 0 Å². The highest BCUT2D eigenvalue weighted by Gasteiger charge is 2.23. The van der Waals surface area contributed by atoms with Gasteiger partial charge in [-0.3, -0.25) is 14.7 Å². The molecule has 1 aliphatic rings. The van der Waals surface area contributed by atoms with Crippen LogP contribution in [0.2, 0.25) is 0 Å². The van der Waals surface area contributed by atoms with Gasteiger partial charge in [-0.1, -0.05) is 12.1 Å². The summed E-state index contributed by atoms with van der Waals surface area (Å²) >= 11 is 0. The number of piperazine rings is 1. The number of hydrogen-bond acceptors (Lipinski definition) is 8. The minimum Gasteiger partial charge on any atom is -0.435 e. The Hall–Kier alpha value is -3.65. The van der Waals surface area contributed by atoms with E-state index in [9.17, 15) is 9.59 Å². The Labute approximate surface area is 174 Å². The minimum absolute atomic E-state index is 0.152. The lowest BCUT2D eigenvalue weighted by atomic mass is 10.0. The van der Waals surface area contributed by atoms with E-state index >= 15 is 0 Å². The first-order valence-electron chi connectivity index (χ1n) is 9.70. The minimum atomic E-state index is -0.152. The summed E-state index contributed by atoms with van der Waals surface area (Å²) in [6, 6.07) is 10.4. The van der Waals surface area contributed by atoms with Crippen LogP contribution in [0.4, 0.5) is 5.82 Å². The van der Waals surface area contributed by atoms with Gasteiger partial charge in [-0.05, 0) is 24.3 Å². The fourth-order valence-electron chi connectivity index (χ4n) is 3.36. The Bertz CT molecular complexity index is 1020. The summed E-state index contributed by atoms with van der Waals surface area (Å²) in [6.45, 7) is 3.36. The van der Waals surface area contributed by atoms with Crippen molar-refractivity contribution in [2.45, 2.75) is 0 Å².